The van der Waals surface area contributed by atoms with E-state index in [-0.39, 0.29) is 0 Å². The molecule has 21 heavy (non-hydrogen) atoms. The Balaban J connectivity index is 2.14. The molecule has 0 amide bonds. The molecule has 2 rings (SSSR count). The molecule has 4 nitrogen and oxygen atoms in total. The van der Waals surface area contributed by atoms with E-state index in [4.69, 9.17) is 9.47 Å². The quantitative estimate of drug-likeness (QED) is 0.764. The standard InChI is InChI=1S/C17H19NO3/c1-18(2)15-9-7-13(8-10-15)12-21-17-14(11-19)5-4-6-16(17)20-3/h4-11H,12H2,1-3H3. The lowest BCUT2D eigenvalue weighted by molar-refractivity contribution is 0.111. The van der Waals surface area contributed by atoms with Crippen LogP contribution in [0.5, 0.6) is 11.5 Å². The highest BCUT2D eigenvalue weighted by molar-refractivity contribution is 5.81. The maximum atomic E-state index is 11.1. The van der Waals surface area contributed by atoms with E-state index in [2.05, 4.69) is 0 Å². The Kier molecular flexibility index (Phi) is 4.82. The second-order valence-corrected chi connectivity index (χ2v) is 4.85. The molecule has 0 saturated heterocycles. The lowest BCUT2D eigenvalue weighted by Crippen LogP contribution is -2.08. The van der Waals surface area contributed by atoms with Crippen molar-refractivity contribution in [2.24, 2.45) is 0 Å². The zero-order chi connectivity index (χ0) is 15.2. The van der Waals surface area contributed by atoms with Crippen molar-refractivity contribution in [3.63, 3.8) is 0 Å². The van der Waals surface area contributed by atoms with Crippen molar-refractivity contribution < 1.29 is 14.3 Å². The minimum atomic E-state index is 0.384. The number of nitrogens with zero attached hydrogens (tertiary/aromatic N) is 1. The summed E-state index contributed by atoms with van der Waals surface area (Å²) in [6.07, 6.45) is 0.771. The minimum absolute atomic E-state index is 0.384. The van der Waals surface area contributed by atoms with Crippen molar-refractivity contribution in [1.29, 1.82) is 0 Å². The summed E-state index contributed by atoms with van der Waals surface area (Å²) in [6.45, 7) is 0.384. The molecule has 2 aromatic carbocycles. The Hall–Kier alpha value is -2.49. The summed E-state index contributed by atoms with van der Waals surface area (Å²) >= 11 is 0. The van der Waals surface area contributed by atoms with Crippen molar-refractivity contribution in [1.82, 2.24) is 0 Å². The van der Waals surface area contributed by atoms with Crippen LogP contribution in [0.25, 0.3) is 0 Å². The third kappa shape index (κ3) is 3.54. The fourth-order valence-electron chi connectivity index (χ4n) is 1.99. The molecule has 0 bridgehead atoms. The summed E-state index contributed by atoms with van der Waals surface area (Å²) in [5, 5.41) is 0. The van der Waals surface area contributed by atoms with E-state index >= 15 is 0 Å². The number of hydrogen-bond acceptors (Lipinski definition) is 4. The number of hydrogen-bond donors (Lipinski definition) is 0. The lowest BCUT2D eigenvalue weighted by Gasteiger charge is -2.14. The number of methoxy groups -OCH3 is 1. The van der Waals surface area contributed by atoms with Crippen molar-refractivity contribution in [2.45, 2.75) is 6.61 Å². The van der Waals surface area contributed by atoms with E-state index in [1.807, 2.05) is 43.3 Å². The van der Waals surface area contributed by atoms with Gasteiger partial charge in [0.15, 0.2) is 17.8 Å². The van der Waals surface area contributed by atoms with E-state index in [0.29, 0.717) is 23.7 Å². The van der Waals surface area contributed by atoms with Crippen LogP contribution in [0.1, 0.15) is 15.9 Å². The third-order valence-electron chi connectivity index (χ3n) is 3.19. The van der Waals surface area contributed by atoms with Crippen molar-refractivity contribution in [3.8, 4) is 11.5 Å². The predicted octanol–water partition coefficient (Wildman–Crippen LogP) is 3.15. The monoisotopic (exact) mass is 285 g/mol. The maximum Gasteiger partial charge on any atom is 0.172 e. The van der Waals surface area contributed by atoms with Gasteiger partial charge in [-0.05, 0) is 29.8 Å². The summed E-state index contributed by atoms with van der Waals surface area (Å²) in [5.41, 5.74) is 2.65. The molecule has 4 heteroatoms. The highest BCUT2D eigenvalue weighted by Gasteiger charge is 2.10. The maximum absolute atomic E-state index is 11.1. The fourth-order valence-corrected chi connectivity index (χ4v) is 1.99. The van der Waals surface area contributed by atoms with Gasteiger partial charge in [0.1, 0.15) is 6.61 Å². The second-order valence-electron chi connectivity index (χ2n) is 4.85. The second kappa shape index (κ2) is 6.79. The summed E-state index contributed by atoms with van der Waals surface area (Å²) in [7, 11) is 5.55. The van der Waals surface area contributed by atoms with Crippen LogP contribution in [0, 0.1) is 0 Å². The van der Waals surface area contributed by atoms with Crippen LogP contribution in [0.3, 0.4) is 0 Å². The van der Waals surface area contributed by atoms with E-state index in [1.54, 1.807) is 25.3 Å². The highest BCUT2D eigenvalue weighted by Crippen LogP contribution is 2.30. The first-order valence-corrected chi connectivity index (χ1v) is 6.67. The highest BCUT2D eigenvalue weighted by atomic mass is 16.5. The molecule has 0 aromatic heterocycles. The topological polar surface area (TPSA) is 38.8 Å². The van der Waals surface area contributed by atoms with Crippen LogP contribution >= 0.6 is 0 Å². The van der Waals surface area contributed by atoms with E-state index in [1.165, 1.54) is 0 Å². The van der Waals surface area contributed by atoms with Gasteiger partial charge in [0.2, 0.25) is 0 Å². The molecule has 2 aromatic rings. The first-order valence-electron chi connectivity index (χ1n) is 6.67. The number of carbonyl (C=O) groups is 1. The molecule has 0 saturated carbocycles. The molecule has 0 unspecified atom stereocenters. The Morgan fingerprint density at radius 2 is 1.81 bits per heavy atom. The van der Waals surface area contributed by atoms with Gasteiger partial charge < -0.3 is 14.4 Å². The molecule has 0 spiro atoms. The third-order valence-corrected chi connectivity index (χ3v) is 3.19. The number of ether oxygens (including phenoxy) is 2. The van der Waals surface area contributed by atoms with Crippen LogP contribution in [0.15, 0.2) is 42.5 Å². The number of carbonyl (C=O) groups excluding carboxylic acids is 1. The molecule has 0 radical (unpaired) electrons. The molecular weight excluding hydrogens is 266 g/mol. The smallest absolute Gasteiger partial charge is 0.172 e. The van der Waals surface area contributed by atoms with Gasteiger partial charge >= 0.3 is 0 Å². The minimum Gasteiger partial charge on any atom is -0.493 e. The summed E-state index contributed by atoms with van der Waals surface area (Å²) in [6, 6.07) is 13.3. The van der Waals surface area contributed by atoms with E-state index < -0.39 is 0 Å². The van der Waals surface area contributed by atoms with Crippen LogP contribution in [-0.4, -0.2) is 27.5 Å². The van der Waals surface area contributed by atoms with E-state index in [0.717, 1.165) is 17.5 Å². The van der Waals surface area contributed by atoms with Gasteiger partial charge in [-0.15, -0.1) is 0 Å². The largest absolute Gasteiger partial charge is 0.493 e. The number of aldehydes is 1. The number of anilines is 1. The van der Waals surface area contributed by atoms with Crippen molar-refractivity contribution in [3.05, 3.63) is 53.6 Å². The molecule has 0 aliphatic heterocycles. The van der Waals surface area contributed by atoms with E-state index in [9.17, 15) is 4.79 Å². The molecule has 0 atom stereocenters. The van der Waals surface area contributed by atoms with Crippen LogP contribution in [0.2, 0.25) is 0 Å². The number of rotatable bonds is 6. The van der Waals surface area contributed by atoms with Gasteiger partial charge in [-0.25, -0.2) is 0 Å². The molecule has 0 fully saturated rings. The normalized spacial score (nSPS) is 10.0. The first-order chi connectivity index (χ1) is 10.2. The van der Waals surface area contributed by atoms with Gasteiger partial charge in [-0.3, -0.25) is 4.79 Å². The fraction of sp³-hybridized carbons (Fsp3) is 0.235. The summed E-state index contributed by atoms with van der Waals surface area (Å²) < 4.78 is 11.0. The Morgan fingerprint density at radius 3 is 2.38 bits per heavy atom. The molecule has 0 aliphatic carbocycles. The van der Waals surface area contributed by atoms with Gasteiger partial charge in [0.25, 0.3) is 0 Å². The molecule has 110 valence electrons. The summed E-state index contributed by atoms with van der Waals surface area (Å²) in [5.74, 6) is 1.04. The summed E-state index contributed by atoms with van der Waals surface area (Å²) in [4.78, 5) is 13.1. The SMILES string of the molecule is COc1cccc(C=O)c1OCc1ccc(N(C)C)cc1. The predicted molar refractivity (Wildman–Crippen MR) is 83.5 cm³/mol. The average Bonchev–Trinajstić information content (AvgIpc) is 2.52. The lowest BCUT2D eigenvalue weighted by atomic mass is 10.2. The Morgan fingerprint density at radius 1 is 1.10 bits per heavy atom. The zero-order valence-corrected chi connectivity index (χ0v) is 12.5. The van der Waals surface area contributed by atoms with Gasteiger partial charge in [0, 0.05) is 19.8 Å². The average molecular weight is 285 g/mol. The molecule has 0 aliphatic rings. The Bertz CT molecular complexity index is 606. The molecule has 0 N–H and O–H groups in total. The van der Waals surface area contributed by atoms with Crippen molar-refractivity contribution in [2.75, 3.05) is 26.1 Å². The van der Waals surface area contributed by atoms with Crippen LogP contribution in [0.4, 0.5) is 5.69 Å². The zero-order valence-electron chi connectivity index (χ0n) is 12.5. The van der Waals surface area contributed by atoms with Gasteiger partial charge in [-0.2, -0.15) is 0 Å². The molecular formula is C17H19NO3. The van der Waals surface area contributed by atoms with Gasteiger partial charge in [-0.1, -0.05) is 18.2 Å². The van der Waals surface area contributed by atoms with Crippen molar-refractivity contribution >= 4 is 12.0 Å². The number of para-hydroxylation sites is 1. The molecule has 0 heterocycles. The first kappa shape index (κ1) is 14.9. The Labute approximate surface area is 124 Å². The van der Waals surface area contributed by atoms with Crippen LogP contribution in [-0.2, 0) is 6.61 Å². The van der Waals surface area contributed by atoms with Gasteiger partial charge in [0.05, 0.1) is 12.7 Å². The van der Waals surface area contributed by atoms with Crippen LogP contribution < -0.4 is 14.4 Å². The number of benzene rings is 2.